The first-order valence-electron chi connectivity index (χ1n) is 11.7. The molecule has 4 nitrogen and oxygen atoms in total. The van der Waals surface area contributed by atoms with Crippen molar-refractivity contribution in [1.82, 2.24) is 0 Å². The lowest BCUT2D eigenvalue weighted by Gasteiger charge is -2.30. The molecule has 2 N–H and O–H groups in total. The van der Waals surface area contributed by atoms with Crippen LogP contribution >= 0.6 is 0 Å². The van der Waals surface area contributed by atoms with E-state index in [9.17, 15) is 14.7 Å². The third-order valence-electron chi connectivity index (χ3n) is 7.34. The van der Waals surface area contributed by atoms with Crippen LogP contribution in [-0.2, 0) is 11.2 Å². The molecule has 4 heteroatoms. The van der Waals surface area contributed by atoms with Gasteiger partial charge in [0.2, 0.25) is 5.91 Å². The Kier molecular flexibility index (Phi) is 6.45. The Morgan fingerprint density at radius 3 is 2.55 bits per heavy atom. The zero-order chi connectivity index (χ0) is 22.0. The minimum atomic E-state index is 0.00732. The Morgan fingerprint density at radius 2 is 1.81 bits per heavy atom. The summed E-state index contributed by atoms with van der Waals surface area (Å²) >= 11 is 0. The van der Waals surface area contributed by atoms with Crippen molar-refractivity contribution in [3.8, 4) is 5.75 Å². The minimum absolute atomic E-state index is 0.00732. The van der Waals surface area contributed by atoms with Crippen molar-refractivity contribution in [2.24, 2.45) is 17.8 Å². The van der Waals surface area contributed by atoms with Crippen molar-refractivity contribution in [2.45, 2.75) is 65.2 Å². The normalized spacial score (nSPS) is 23.7. The summed E-state index contributed by atoms with van der Waals surface area (Å²) in [5.41, 5.74) is 4.87. The van der Waals surface area contributed by atoms with Crippen LogP contribution in [0.3, 0.4) is 0 Å². The number of aryl methyl sites for hydroxylation is 2. The summed E-state index contributed by atoms with van der Waals surface area (Å²) in [6, 6.07) is 11.4. The highest BCUT2D eigenvalue weighted by Crippen LogP contribution is 2.37. The number of nitrogens with one attached hydrogen (secondary N) is 1. The highest BCUT2D eigenvalue weighted by molar-refractivity contribution is 5.99. The Morgan fingerprint density at radius 1 is 1.03 bits per heavy atom. The number of phenolic OH excluding ortho intramolecular Hbond substituents is 1. The maximum atomic E-state index is 13.2. The third kappa shape index (κ3) is 4.84. The van der Waals surface area contributed by atoms with E-state index >= 15 is 0 Å². The summed E-state index contributed by atoms with van der Waals surface area (Å²) in [6.07, 6.45) is 7.75. The molecule has 1 fully saturated rings. The van der Waals surface area contributed by atoms with Gasteiger partial charge in [-0.3, -0.25) is 9.59 Å². The molecule has 2 aromatic rings. The Balaban J connectivity index is 1.32. The first-order valence-corrected chi connectivity index (χ1v) is 11.7. The molecule has 2 aliphatic rings. The summed E-state index contributed by atoms with van der Waals surface area (Å²) in [5.74, 6) is 1.22. The minimum Gasteiger partial charge on any atom is -0.508 e. The highest BCUT2D eigenvalue weighted by Gasteiger charge is 2.32. The number of carbonyl (C=O) groups excluding carboxylic acids is 2. The Bertz CT molecular complexity index is 972. The summed E-state index contributed by atoms with van der Waals surface area (Å²) in [6.45, 7) is 3.94. The zero-order valence-corrected chi connectivity index (χ0v) is 18.6. The van der Waals surface area contributed by atoms with Crippen LogP contribution in [-0.4, -0.2) is 16.8 Å². The number of hydrogen-bond acceptors (Lipinski definition) is 3. The summed E-state index contributed by atoms with van der Waals surface area (Å²) in [5, 5.41) is 12.8. The van der Waals surface area contributed by atoms with E-state index in [4.69, 9.17) is 0 Å². The molecule has 164 valence electrons. The fourth-order valence-corrected chi connectivity index (χ4v) is 5.36. The van der Waals surface area contributed by atoms with Crippen LogP contribution in [0.25, 0.3) is 0 Å². The quantitative estimate of drug-likeness (QED) is 0.599. The highest BCUT2D eigenvalue weighted by atomic mass is 16.3. The van der Waals surface area contributed by atoms with E-state index < -0.39 is 0 Å². The molecule has 2 aromatic carbocycles. The summed E-state index contributed by atoms with van der Waals surface area (Å²) in [7, 11) is 0. The molecule has 2 aliphatic carbocycles. The number of fused-ring (bicyclic) bond motifs is 1. The lowest BCUT2D eigenvalue weighted by atomic mass is 9.76. The molecule has 1 unspecified atom stereocenters. The van der Waals surface area contributed by atoms with Gasteiger partial charge >= 0.3 is 0 Å². The number of hydrogen-bond donors (Lipinski definition) is 2. The fraction of sp³-hybridized carbons (Fsp3) is 0.481. The zero-order valence-electron chi connectivity index (χ0n) is 18.6. The maximum absolute atomic E-state index is 13.2. The van der Waals surface area contributed by atoms with E-state index in [1.165, 1.54) is 11.1 Å². The van der Waals surface area contributed by atoms with E-state index in [0.29, 0.717) is 17.4 Å². The van der Waals surface area contributed by atoms with E-state index in [1.807, 2.05) is 31.2 Å². The molecule has 1 atom stereocenters. The lowest BCUT2D eigenvalue weighted by Crippen LogP contribution is -2.28. The van der Waals surface area contributed by atoms with Gasteiger partial charge < -0.3 is 10.4 Å². The van der Waals surface area contributed by atoms with Gasteiger partial charge in [0.05, 0.1) is 0 Å². The molecule has 4 rings (SSSR count). The molecule has 31 heavy (non-hydrogen) atoms. The number of amides is 1. The average Bonchev–Trinajstić information content (AvgIpc) is 2.91. The largest absolute Gasteiger partial charge is 0.508 e. The van der Waals surface area contributed by atoms with E-state index in [1.54, 1.807) is 6.07 Å². The van der Waals surface area contributed by atoms with Gasteiger partial charge in [0.1, 0.15) is 5.75 Å². The van der Waals surface area contributed by atoms with Crippen LogP contribution in [0.2, 0.25) is 0 Å². The fourth-order valence-electron chi connectivity index (χ4n) is 5.36. The monoisotopic (exact) mass is 419 g/mol. The second kappa shape index (κ2) is 9.25. The molecule has 0 aromatic heterocycles. The van der Waals surface area contributed by atoms with Gasteiger partial charge in [-0.05, 0) is 93.9 Å². The van der Waals surface area contributed by atoms with E-state index in [-0.39, 0.29) is 23.5 Å². The van der Waals surface area contributed by atoms with Crippen LogP contribution in [0.4, 0.5) is 5.69 Å². The van der Waals surface area contributed by atoms with Gasteiger partial charge in [-0.15, -0.1) is 0 Å². The van der Waals surface area contributed by atoms with Crippen molar-refractivity contribution in [2.75, 3.05) is 5.32 Å². The Hall–Kier alpha value is -2.62. The number of benzene rings is 2. The average molecular weight is 420 g/mol. The van der Waals surface area contributed by atoms with Gasteiger partial charge in [-0.2, -0.15) is 0 Å². The van der Waals surface area contributed by atoms with Crippen LogP contribution in [0, 0.1) is 31.6 Å². The van der Waals surface area contributed by atoms with Crippen LogP contribution in [0.5, 0.6) is 5.75 Å². The molecule has 0 radical (unpaired) electrons. The second-order valence-electron chi connectivity index (χ2n) is 9.50. The first kappa shape index (κ1) is 21.6. The first-order chi connectivity index (χ1) is 14.9. The van der Waals surface area contributed by atoms with E-state index in [2.05, 4.69) is 18.3 Å². The predicted octanol–water partition coefficient (Wildman–Crippen LogP) is 5.98. The third-order valence-corrected chi connectivity index (χ3v) is 7.34. The summed E-state index contributed by atoms with van der Waals surface area (Å²) < 4.78 is 0. The number of rotatable bonds is 4. The van der Waals surface area contributed by atoms with Crippen LogP contribution in [0.15, 0.2) is 36.4 Å². The maximum Gasteiger partial charge on any atom is 0.227 e. The second-order valence-corrected chi connectivity index (χ2v) is 9.50. The van der Waals surface area contributed by atoms with Gasteiger partial charge in [0.15, 0.2) is 5.78 Å². The van der Waals surface area contributed by atoms with Gasteiger partial charge in [-0.1, -0.05) is 24.3 Å². The SMILES string of the molecule is Cc1ccc(NC(=O)C2CCC(CC3CCCc4c(C)cccc4C3=O)CC2)cc1O. The van der Waals surface area contributed by atoms with Crippen molar-refractivity contribution >= 4 is 17.4 Å². The summed E-state index contributed by atoms with van der Waals surface area (Å²) in [4.78, 5) is 25.9. The molecule has 0 heterocycles. The Labute approximate surface area is 185 Å². The molecule has 0 spiro atoms. The van der Waals surface area contributed by atoms with E-state index in [0.717, 1.165) is 62.5 Å². The van der Waals surface area contributed by atoms with Crippen molar-refractivity contribution < 1.29 is 14.7 Å². The smallest absolute Gasteiger partial charge is 0.227 e. The topological polar surface area (TPSA) is 66.4 Å². The molecule has 1 amide bonds. The predicted molar refractivity (Wildman–Crippen MR) is 123 cm³/mol. The number of ketones is 1. The molecule has 0 aliphatic heterocycles. The number of aromatic hydroxyl groups is 1. The van der Waals surface area contributed by atoms with Gasteiger partial charge in [0.25, 0.3) is 0 Å². The molecule has 0 saturated heterocycles. The van der Waals surface area contributed by atoms with Gasteiger partial charge in [0, 0.05) is 29.2 Å². The molecule has 0 bridgehead atoms. The molecular weight excluding hydrogens is 386 g/mol. The standard InChI is InChI=1S/C27H33NO3/c1-17-5-3-8-24-23(17)7-4-6-21(26(24)30)15-19-10-12-20(13-11-19)27(31)28-22-14-9-18(2)25(29)16-22/h3,5,8-9,14,16,19-21,29H,4,6-7,10-13,15H2,1-2H3,(H,28,31). The molecule has 1 saturated carbocycles. The number of anilines is 1. The van der Waals surface area contributed by atoms with Gasteiger partial charge in [-0.25, -0.2) is 0 Å². The van der Waals surface area contributed by atoms with Crippen molar-refractivity contribution in [1.29, 1.82) is 0 Å². The van der Waals surface area contributed by atoms with Crippen LogP contribution < -0.4 is 5.32 Å². The lowest BCUT2D eigenvalue weighted by molar-refractivity contribution is -0.121. The van der Waals surface area contributed by atoms with Crippen molar-refractivity contribution in [3.63, 3.8) is 0 Å². The number of phenols is 1. The van der Waals surface area contributed by atoms with Crippen LogP contribution in [0.1, 0.15) is 72.0 Å². The number of Topliss-reactive ketones (excluding diaryl/α,β-unsaturated/α-hetero) is 1. The molecular formula is C27H33NO3. The number of carbonyl (C=O) groups is 2. The van der Waals surface area contributed by atoms with Crippen molar-refractivity contribution in [3.05, 3.63) is 58.7 Å².